The molecule has 0 fully saturated rings. The molecule has 0 aromatic carbocycles. The maximum absolute atomic E-state index is 11.5. The molecule has 1 aromatic heterocycles. The first-order valence-electron chi connectivity index (χ1n) is 3.85. The van der Waals surface area contributed by atoms with E-state index in [-0.39, 0.29) is 11.4 Å². The van der Waals surface area contributed by atoms with Crippen LogP contribution < -0.4 is 17.1 Å². The monoisotopic (exact) mass is 183 g/mol. The third-order valence-corrected chi connectivity index (χ3v) is 1.63. The summed E-state index contributed by atoms with van der Waals surface area (Å²) >= 11 is 0. The quantitative estimate of drug-likeness (QED) is 0.514. The van der Waals surface area contributed by atoms with Crippen LogP contribution in [0.15, 0.2) is 4.79 Å². The minimum Gasteiger partial charge on any atom is -0.366 e. The van der Waals surface area contributed by atoms with Gasteiger partial charge in [-0.05, 0) is 0 Å². The summed E-state index contributed by atoms with van der Waals surface area (Å²) in [5, 5.41) is 7.29. The maximum atomic E-state index is 11.5. The zero-order valence-corrected chi connectivity index (χ0v) is 7.90. The van der Waals surface area contributed by atoms with Crippen LogP contribution in [0.3, 0.4) is 0 Å². The van der Waals surface area contributed by atoms with Crippen LogP contribution in [0.2, 0.25) is 0 Å². The van der Waals surface area contributed by atoms with Gasteiger partial charge in [0.15, 0.2) is 0 Å². The Labute approximate surface area is 75.5 Å². The van der Waals surface area contributed by atoms with E-state index in [2.05, 4.69) is 10.2 Å². The van der Waals surface area contributed by atoms with Gasteiger partial charge in [0, 0.05) is 5.41 Å². The van der Waals surface area contributed by atoms with E-state index >= 15 is 0 Å². The first-order valence-corrected chi connectivity index (χ1v) is 3.85. The predicted molar refractivity (Wildman–Crippen MR) is 49.6 cm³/mol. The SMILES string of the molecule is CC(C)(C)c1nnc(N)n(N)c1=O. The lowest BCUT2D eigenvalue weighted by Crippen LogP contribution is -2.38. The molecule has 1 heterocycles. The van der Waals surface area contributed by atoms with Gasteiger partial charge < -0.3 is 11.6 Å². The highest BCUT2D eigenvalue weighted by atomic mass is 16.1. The number of nitrogens with zero attached hydrogens (tertiary/aromatic N) is 3. The Balaban J connectivity index is 3.44. The van der Waals surface area contributed by atoms with Gasteiger partial charge in [-0.25, -0.2) is 0 Å². The normalized spacial score (nSPS) is 11.6. The van der Waals surface area contributed by atoms with Crippen molar-refractivity contribution in [3.8, 4) is 0 Å². The van der Waals surface area contributed by atoms with Crippen molar-refractivity contribution in [1.29, 1.82) is 0 Å². The summed E-state index contributed by atoms with van der Waals surface area (Å²) in [4.78, 5) is 11.5. The Hall–Kier alpha value is -1.59. The minimum atomic E-state index is -0.403. The maximum Gasteiger partial charge on any atom is 0.295 e. The molecule has 6 heteroatoms. The molecule has 0 bridgehead atoms. The van der Waals surface area contributed by atoms with E-state index in [0.29, 0.717) is 5.69 Å². The molecule has 0 aliphatic rings. The van der Waals surface area contributed by atoms with Crippen LogP contribution in [0.4, 0.5) is 5.95 Å². The summed E-state index contributed by atoms with van der Waals surface area (Å²) in [6.07, 6.45) is 0. The second-order valence-electron chi connectivity index (χ2n) is 3.83. The fourth-order valence-corrected chi connectivity index (χ4v) is 0.881. The van der Waals surface area contributed by atoms with Crippen LogP contribution in [-0.4, -0.2) is 14.9 Å². The smallest absolute Gasteiger partial charge is 0.295 e. The van der Waals surface area contributed by atoms with Crippen LogP contribution >= 0.6 is 0 Å². The number of rotatable bonds is 0. The lowest BCUT2D eigenvalue weighted by Gasteiger charge is -2.16. The highest BCUT2D eigenvalue weighted by Crippen LogP contribution is 2.15. The number of anilines is 1. The summed E-state index contributed by atoms with van der Waals surface area (Å²) in [6.45, 7) is 5.57. The van der Waals surface area contributed by atoms with E-state index in [9.17, 15) is 4.79 Å². The summed E-state index contributed by atoms with van der Waals surface area (Å²) in [5.74, 6) is 5.27. The molecule has 0 spiro atoms. The fourth-order valence-electron chi connectivity index (χ4n) is 0.881. The molecule has 13 heavy (non-hydrogen) atoms. The Bertz CT molecular complexity index is 375. The van der Waals surface area contributed by atoms with E-state index in [0.717, 1.165) is 4.68 Å². The van der Waals surface area contributed by atoms with Crippen molar-refractivity contribution >= 4 is 5.95 Å². The van der Waals surface area contributed by atoms with E-state index in [1.165, 1.54) is 0 Å². The van der Waals surface area contributed by atoms with Crippen LogP contribution in [-0.2, 0) is 5.41 Å². The predicted octanol–water partition coefficient (Wildman–Crippen LogP) is -0.768. The van der Waals surface area contributed by atoms with Gasteiger partial charge in [-0.2, -0.15) is 4.68 Å². The van der Waals surface area contributed by atoms with Crippen molar-refractivity contribution in [1.82, 2.24) is 14.9 Å². The van der Waals surface area contributed by atoms with Crippen molar-refractivity contribution in [2.75, 3.05) is 11.6 Å². The molecule has 0 atom stereocenters. The molecule has 1 aromatic rings. The zero-order valence-electron chi connectivity index (χ0n) is 7.90. The van der Waals surface area contributed by atoms with Crippen LogP contribution in [0, 0.1) is 0 Å². The highest BCUT2D eigenvalue weighted by molar-refractivity contribution is 5.18. The Morgan fingerprint density at radius 1 is 1.31 bits per heavy atom. The molecule has 4 N–H and O–H groups in total. The molecule has 0 aliphatic carbocycles. The zero-order chi connectivity index (χ0) is 10.2. The van der Waals surface area contributed by atoms with Gasteiger partial charge in [0.05, 0.1) is 0 Å². The molecule has 6 nitrogen and oxygen atoms in total. The number of nitrogens with two attached hydrogens (primary N) is 2. The van der Waals surface area contributed by atoms with Gasteiger partial charge in [-0.3, -0.25) is 4.79 Å². The Morgan fingerprint density at radius 2 is 1.85 bits per heavy atom. The first kappa shape index (κ1) is 9.50. The lowest BCUT2D eigenvalue weighted by molar-refractivity contribution is 0.539. The van der Waals surface area contributed by atoms with Gasteiger partial charge in [-0.15, -0.1) is 10.2 Å². The molecular formula is C7H13N5O. The molecular weight excluding hydrogens is 170 g/mol. The van der Waals surface area contributed by atoms with Gasteiger partial charge in [0.2, 0.25) is 5.95 Å². The van der Waals surface area contributed by atoms with Gasteiger partial charge in [-0.1, -0.05) is 20.8 Å². The molecule has 0 saturated carbocycles. The average Bonchev–Trinajstić information content (AvgIpc) is 1.98. The molecule has 0 amide bonds. The Morgan fingerprint density at radius 3 is 2.31 bits per heavy atom. The standard InChI is InChI=1S/C7H13N5O/c1-7(2,3)4-5(13)12(9)6(8)11-10-4/h9H2,1-3H3,(H2,8,11). The molecule has 0 radical (unpaired) electrons. The van der Waals surface area contributed by atoms with Gasteiger partial charge in [0.25, 0.3) is 5.56 Å². The van der Waals surface area contributed by atoms with E-state index < -0.39 is 5.56 Å². The number of hydrogen-bond acceptors (Lipinski definition) is 5. The number of nitrogen functional groups attached to an aromatic ring is 2. The van der Waals surface area contributed by atoms with Crippen molar-refractivity contribution in [2.45, 2.75) is 26.2 Å². The minimum absolute atomic E-state index is 0.0852. The Kier molecular flexibility index (Phi) is 1.99. The highest BCUT2D eigenvalue weighted by Gasteiger charge is 2.21. The summed E-state index contributed by atoms with van der Waals surface area (Å²) in [6, 6.07) is 0. The van der Waals surface area contributed by atoms with Crippen molar-refractivity contribution in [3.63, 3.8) is 0 Å². The van der Waals surface area contributed by atoms with Crippen molar-refractivity contribution in [3.05, 3.63) is 16.0 Å². The topological polar surface area (TPSA) is 99.8 Å². The molecule has 0 unspecified atom stereocenters. The number of aromatic nitrogens is 3. The molecule has 1 rings (SSSR count). The van der Waals surface area contributed by atoms with E-state index in [4.69, 9.17) is 11.6 Å². The van der Waals surface area contributed by atoms with Crippen LogP contribution in [0.1, 0.15) is 26.5 Å². The van der Waals surface area contributed by atoms with Gasteiger partial charge in [0.1, 0.15) is 5.69 Å². The number of hydrogen-bond donors (Lipinski definition) is 2. The summed E-state index contributed by atoms with van der Waals surface area (Å²) in [5.41, 5.74) is 4.83. The van der Waals surface area contributed by atoms with E-state index in [1.54, 1.807) is 0 Å². The van der Waals surface area contributed by atoms with Crippen molar-refractivity contribution in [2.24, 2.45) is 0 Å². The summed E-state index contributed by atoms with van der Waals surface area (Å²) in [7, 11) is 0. The molecule has 72 valence electrons. The van der Waals surface area contributed by atoms with Gasteiger partial charge >= 0.3 is 0 Å². The molecule has 0 saturated heterocycles. The van der Waals surface area contributed by atoms with Crippen LogP contribution in [0.25, 0.3) is 0 Å². The van der Waals surface area contributed by atoms with E-state index in [1.807, 2.05) is 20.8 Å². The largest absolute Gasteiger partial charge is 0.366 e. The second kappa shape index (κ2) is 2.72. The third kappa shape index (κ3) is 1.61. The van der Waals surface area contributed by atoms with Crippen LogP contribution in [0.5, 0.6) is 0 Å². The average molecular weight is 183 g/mol. The molecule has 0 aliphatic heterocycles. The first-order chi connectivity index (χ1) is 5.84. The summed E-state index contributed by atoms with van der Waals surface area (Å²) < 4.78 is 0.799. The second-order valence-corrected chi connectivity index (χ2v) is 3.83. The fraction of sp³-hybridized carbons (Fsp3) is 0.571. The third-order valence-electron chi connectivity index (χ3n) is 1.63. The van der Waals surface area contributed by atoms with Crippen molar-refractivity contribution < 1.29 is 0 Å². The lowest BCUT2D eigenvalue weighted by atomic mass is 9.93.